The summed E-state index contributed by atoms with van der Waals surface area (Å²) in [5.74, 6) is 0.915. The van der Waals surface area contributed by atoms with E-state index in [0.717, 1.165) is 27.8 Å². The van der Waals surface area contributed by atoms with Gasteiger partial charge in [0, 0.05) is 16.6 Å². The molecule has 3 nitrogen and oxygen atoms in total. The molecule has 5 heteroatoms. The van der Waals surface area contributed by atoms with E-state index in [2.05, 4.69) is 62.0 Å². The zero-order valence-corrected chi connectivity index (χ0v) is 18.5. The van der Waals surface area contributed by atoms with Gasteiger partial charge in [0.25, 0.3) is 0 Å². The summed E-state index contributed by atoms with van der Waals surface area (Å²) in [4.78, 5) is 2.62. The van der Waals surface area contributed by atoms with Crippen LogP contribution in [0.5, 0.6) is 5.75 Å². The summed E-state index contributed by atoms with van der Waals surface area (Å²) in [6.45, 7) is 10.1. The Morgan fingerprint density at radius 3 is 2.21 bits per heavy atom. The minimum absolute atomic E-state index is 0.825. The first kappa shape index (κ1) is 21.9. The van der Waals surface area contributed by atoms with Gasteiger partial charge in [0.15, 0.2) is 0 Å². The topological polar surface area (TPSA) is 24.5 Å². The molecule has 138 valence electrons. The Morgan fingerprint density at radius 1 is 1.00 bits per heavy atom. The Morgan fingerprint density at radius 2 is 1.62 bits per heavy atom. The number of nitrogens with one attached hydrogen (secondary N) is 1. The number of unbranched alkanes of at least 4 members (excludes halogenated alkanes) is 2. The van der Waals surface area contributed by atoms with Gasteiger partial charge in [-0.25, -0.2) is 0 Å². The number of halogens is 2. The Labute approximate surface area is 164 Å². The van der Waals surface area contributed by atoms with Crippen LogP contribution < -0.4 is 10.1 Å². The van der Waals surface area contributed by atoms with E-state index in [1.54, 1.807) is 7.11 Å². The van der Waals surface area contributed by atoms with E-state index in [1.807, 2.05) is 6.07 Å². The zero-order valence-electron chi connectivity index (χ0n) is 15.3. The summed E-state index contributed by atoms with van der Waals surface area (Å²) in [5.41, 5.74) is 1.17. The number of benzene rings is 1. The second-order valence-corrected chi connectivity index (χ2v) is 7.93. The molecule has 1 aromatic carbocycles. The van der Waals surface area contributed by atoms with Crippen LogP contribution in [0.1, 0.15) is 51.5 Å². The third-order valence-electron chi connectivity index (χ3n) is 4.09. The first-order chi connectivity index (χ1) is 11.6. The molecule has 0 radical (unpaired) electrons. The van der Waals surface area contributed by atoms with Crippen LogP contribution in [0.4, 0.5) is 0 Å². The fraction of sp³-hybridized carbons (Fsp3) is 0.684. The maximum atomic E-state index is 5.50. The van der Waals surface area contributed by atoms with Crippen LogP contribution >= 0.6 is 31.9 Å². The van der Waals surface area contributed by atoms with Crippen LogP contribution in [0, 0.1) is 0 Å². The van der Waals surface area contributed by atoms with E-state index >= 15 is 0 Å². The summed E-state index contributed by atoms with van der Waals surface area (Å²) >= 11 is 7.10. The van der Waals surface area contributed by atoms with E-state index in [4.69, 9.17) is 4.74 Å². The maximum Gasteiger partial charge on any atom is 0.137 e. The summed E-state index contributed by atoms with van der Waals surface area (Å²) < 4.78 is 7.55. The van der Waals surface area contributed by atoms with Gasteiger partial charge in [-0.2, -0.15) is 0 Å². The molecule has 0 unspecified atom stereocenters. The number of hydrogen-bond acceptors (Lipinski definition) is 3. The molecular weight excluding hydrogens is 432 g/mol. The molecule has 0 amide bonds. The second-order valence-electron chi connectivity index (χ2n) is 6.16. The van der Waals surface area contributed by atoms with Gasteiger partial charge in [-0.1, -0.05) is 42.6 Å². The van der Waals surface area contributed by atoms with Crippen molar-refractivity contribution in [2.24, 2.45) is 0 Å². The number of nitrogens with zero attached hydrogens (tertiary/aromatic N) is 1. The molecule has 0 bridgehead atoms. The van der Waals surface area contributed by atoms with Crippen molar-refractivity contribution < 1.29 is 4.74 Å². The summed E-state index contributed by atoms with van der Waals surface area (Å²) in [6, 6.07) is 4.13. The smallest absolute Gasteiger partial charge is 0.137 e. The third-order valence-corrected chi connectivity index (χ3v) is 5.14. The van der Waals surface area contributed by atoms with Crippen LogP contribution in [0.15, 0.2) is 21.1 Å². The molecule has 0 aliphatic heterocycles. The molecule has 0 aliphatic rings. The van der Waals surface area contributed by atoms with Crippen LogP contribution in [0.3, 0.4) is 0 Å². The van der Waals surface area contributed by atoms with Gasteiger partial charge in [0.05, 0.1) is 11.6 Å². The van der Waals surface area contributed by atoms with Gasteiger partial charge >= 0.3 is 0 Å². The molecule has 1 N–H and O–H groups in total. The van der Waals surface area contributed by atoms with Gasteiger partial charge in [-0.3, -0.25) is 0 Å². The van der Waals surface area contributed by atoms with E-state index in [-0.39, 0.29) is 0 Å². The fourth-order valence-corrected chi connectivity index (χ4v) is 4.20. The molecule has 0 heterocycles. The average Bonchev–Trinajstić information content (AvgIpc) is 2.56. The van der Waals surface area contributed by atoms with Crippen LogP contribution in [0.2, 0.25) is 0 Å². The minimum atomic E-state index is 0.825. The van der Waals surface area contributed by atoms with Crippen LogP contribution in [-0.4, -0.2) is 38.2 Å². The summed E-state index contributed by atoms with van der Waals surface area (Å²) in [5, 5.41) is 3.55. The van der Waals surface area contributed by atoms with Gasteiger partial charge in [-0.15, -0.1) is 0 Å². The third kappa shape index (κ3) is 8.32. The molecule has 24 heavy (non-hydrogen) atoms. The van der Waals surface area contributed by atoms with Crippen molar-refractivity contribution in [3.05, 3.63) is 26.6 Å². The average molecular weight is 464 g/mol. The number of hydrogen-bond donors (Lipinski definition) is 1. The molecule has 0 atom stereocenters. The SMILES string of the molecule is CCCCN(CCCC)CCCNCc1cc(Br)cc(Br)c1OC. The molecule has 0 saturated carbocycles. The normalized spacial score (nSPS) is 11.2. The predicted octanol–water partition coefficient (Wildman–Crippen LogP) is 5.60. The highest BCUT2D eigenvalue weighted by Gasteiger charge is 2.09. The molecule has 1 aromatic rings. The second kappa shape index (κ2) is 13.2. The van der Waals surface area contributed by atoms with E-state index in [9.17, 15) is 0 Å². The highest BCUT2D eigenvalue weighted by molar-refractivity contribution is 9.11. The highest BCUT2D eigenvalue weighted by Crippen LogP contribution is 2.32. The summed E-state index contributed by atoms with van der Waals surface area (Å²) in [7, 11) is 1.72. The van der Waals surface area contributed by atoms with Gasteiger partial charge < -0.3 is 15.0 Å². The Kier molecular flexibility index (Phi) is 12.0. The number of rotatable bonds is 13. The Hall–Kier alpha value is -0.100. The first-order valence-corrected chi connectivity index (χ1v) is 10.7. The standard InChI is InChI=1S/C19H32Br2N2O/c1-4-6-10-23(11-7-5-2)12-8-9-22-15-16-13-17(20)14-18(21)19(16)24-3/h13-14,22H,4-12,15H2,1-3H3. The van der Waals surface area contributed by atoms with Crippen molar-refractivity contribution >= 4 is 31.9 Å². The van der Waals surface area contributed by atoms with Gasteiger partial charge in [-0.05, 0) is 73.5 Å². The zero-order chi connectivity index (χ0) is 17.8. The molecule has 0 aromatic heterocycles. The Bertz CT molecular complexity index is 461. The lowest BCUT2D eigenvalue weighted by Crippen LogP contribution is -2.29. The van der Waals surface area contributed by atoms with Crippen molar-refractivity contribution in [1.29, 1.82) is 0 Å². The Balaban J connectivity index is 2.36. The van der Waals surface area contributed by atoms with Crippen molar-refractivity contribution in [3.8, 4) is 5.75 Å². The minimum Gasteiger partial charge on any atom is -0.495 e. The summed E-state index contributed by atoms with van der Waals surface area (Å²) in [6.07, 6.45) is 6.35. The first-order valence-electron chi connectivity index (χ1n) is 9.07. The lowest BCUT2D eigenvalue weighted by atomic mass is 10.2. The molecule has 0 fully saturated rings. The number of ether oxygens (including phenoxy) is 1. The highest BCUT2D eigenvalue weighted by atomic mass is 79.9. The van der Waals surface area contributed by atoms with E-state index < -0.39 is 0 Å². The molecule has 0 spiro atoms. The van der Waals surface area contributed by atoms with Crippen molar-refractivity contribution in [2.75, 3.05) is 33.3 Å². The molecule has 0 saturated heterocycles. The van der Waals surface area contributed by atoms with E-state index in [0.29, 0.717) is 0 Å². The van der Waals surface area contributed by atoms with Crippen LogP contribution in [-0.2, 0) is 6.54 Å². The van der Waals surface area contributed by atoms with Gasteiger partial charge in [0.2, 0.25) is 0 Å². The number of methoxy groups -OCH3 is 1. The molecular formula is C19H32Br2N2O. The van der Waals surface area contributed by atoms with Crippen molar-refractivity contribution in [2.45, 2.75) is 52.5 Å². The van der Waals surface area contributed by atoms with Crippen LogP contribution in [0.25, 0.3) is 0 Å². The van der Waals surface area contributed by atoms with Crippen molar-refractivity contribution in [3.63, 3.8) is 0 Å². The van der Waals surface area contributed by atoms with Gasteiger partial charge in [0.1, 0.15) is 5.75 Å². The molecule has 0 aliphatic carbocycles. The monoisotopic (exact) mass is 462 g/mol. The lowest BCUT2D eigenvalue weighted by Gasteiger charge is -2.22. The predicted molar refractivity (Wildman–Crippen MR) is 111 cm³/mol. The fourth-order valence-electron chi connectivity index (χ4n) is 2.72. The maximum absolute atomic E-state index is 5.50. The quantitative estimate of drug-likeness (QED) is 0.385. The largest absolute Gasteiger partial charge is 0.495 e. The van der Waals surface area contributed by atoms with Crippen molar-refractivity contribution in [1.82, 2.24) is 10.2 Å². The molecule has 1 rings (SSSR count). The van der Waals surface area contributed by atoms with E-state index in [1.165, 1.54) is 57.3 Å². The lowest BCUT2D eigenvalue weighted by molar-refractivity contribution is 0.261.